The summed E-state index contributed by atoms with van der Waals surface area (Å²) in [7, 11) is -1.37. The number of ether oxygens (including phenoxy) is 1. The Hall–Kier alpha value is 0.0969. The van der Waals surface area contributed by atoms with Crippen LogP contribution in [0.15, 0.2) is 0 Å². The van der Waals surface area contributed by atoms with E-state index in [-0.39, 0.29) is 0 Å². The second-order valence-electron chi connectivity index (χ2n) is 4.47. The lowest BCUT2D eigenvalue weighted by atomic mass is 9.91. The first-order chi connectivity index (χ1) is 7.33. The Morgan fingerprint density at radius 2 is 1.87 bits per heavy atom. The minimum atomic E-state index is -1.37. The highest BCUT2D eigenvalue weighted by Gasteiger charge is 2.44. The van der Waals surface area contributed by atoms with Gasteiger partial charge in [-0.25, -0.2) is 0 Å². The first kappa shape index (κ1) is 11.6. The molecule has 0 radical (unpaired) electrons. The second-order valence-corrected chi connectivity index (χ2v) is 6.47. The standard InChI is InChI=1S/C11H22O3Si/c1-3-12-15(13-4-2)8-9-5-6-10-11(7-9)14-10/h9-11,15H,3-8H2,1-2H3. The summed E-state index contributed by atoms with van der Waals surface area (Å²) in [4.78, 5) is 0. The minimum Gasteiger partial charge on any atom is -0.397 e. The Kier molecular flexibility index (Phi) is 4.19. The molecule has 1 aliphatic carbocycles. The van der Waals surface area contributed by atoms with Crippen molar-refractivity contribution in [1.29, 1.82) is 0 Å². The van der Waals surface area contributed by atoms with Gasteiger partial charge in [0.1, 0.15) is 0 Å². The van der Waals surface area contributed by atoms with E-state index in [0.717, 1.165) is 19.1 Å². The quantitative estimate of drug-likeness (QED) is 0.515. The molecule has 0 aromatic rings. The van der Waals surface area contributed by atoms with Gasteiger partial charge in [0.05, 0.1) is 12.2 Å². The number of fused-ring (bicyclic) bond motifs is 1. The molecule has 2 rings (SSSR count). The maximum atomic E-state index is 5.71. The second kappa shape index (κ2) is 5.43. The van der Waals surface area contributed by atoms with Gasteiger partial charge in [0, 0.05) is 13.2 Å². The minimum absolute atomic E-state index is 0.585. The maximum absolute atomic E-state index is 5.71. The predicted molar refractivity (Wildman–Crippen MR) is 61.2 cm³/mol. The molecule has 4 heteroatoms. The van der Waals surface area contributed by atoms with Crippen LogP contribution in [0.5, 0.6) is 0 Å². The van der Waals surface area contributed by atoms with Gasteiger partial charge in [-0.1, -0.05) is 0 Å². The van der Waals surface area contributed by atoms with Crippen molar-refractivity contribution in [3.63, 3.8) is 0 Å². The molecule has 1 heterocycles. The van der Waals surface area contributed by atoms with Crippen molar-refractivity contribution in [2.45, 2.75) is 51.4 Å². The summed E-state index contributed by atoms with van der Waals surface area (Å²) in [6, 6.07) is 1.17. The van der Waals surface area contributed by atoms with E-state index in [0.29, 0.717) is 12.2 Å². The molecule has 3 atom stereocenters. The third kappa shape index (κ3) is 3.28. The average molecular weight is 230 g/mol. The smallest absolute Gasteiger partial charge is 0.321 e. The molecule has 3 nitrogen and oxygen atoms in total. The van der Waals surface area contributed by atoms with Crippen molar-refractivity contribution in [3.8, 4) is 0 Å². The third-order valence-electron chi connectivity index (χ3n) is 3.34. The van der Waals surface area contributed by atoms with Crippen LogP contribution in [0.2, 0.25) is 6.04 Å². The molecule has 3 unspecified atom stereocenters. The first-order valence-corrected chi connectivity index (χ1v) is 7.98. The molecule has 1 saturated heterocycles. The van der Waals surface area contributed by atoms with E-state index in [4.69, 9.17) is 13.6 Å². The van der Waals surface area contributed by atoms with Crippen molar-refractivity contribution in [2.24, 2.45) is 5.92 Å². The molecular formula is C11H22O3Si. The van der Waals surface area contributed by atoms with Gasteiger partial charge in [-0.15, -0.1) is 0 Å². The monoisotopic (exact) mass is 230 g/mol. The lowest BCUT2D eigenvalue weighted by Crippen LogP contribution is -2.28. The Morgan fingerprint density at radius 3 is 2.47 bits per heavy atom. The molecule has 0 aromatic heterocycles. The molecule has 0 amide bonds. The van der Waals surface area contributed by atoms with Crippen molar-refractivity contribution in [2.75, 3.05) is 13.2 Å². The summed E-state index contributed by atoms with van der Waals surface area (Å²) in [5, 5.41) is 0. The van der Waals surface area contributed by atoms with E-state index < -0.39 is 9.28 Å². The zero-order valence-corrected chi connectivity index (χ0v) is 10.9. The van der Waals surface area contributed by atoms with Gasteiger partial charge in [-0.3, -0.25) is 0 Å². The highest BCUT2D eigenvalue weighted by atomic mass is 28.3. The van der Waals surface area contributed by atoms with Crippen LogP contribution in [0.1, 0.15) is 33.1 Å². The van der Waals surface area contributed by atoms with Crippen LogP contribution in [0.3, 0.4) is 0 Å². The van der Waals surface area contributed by atoms with E-state index in [1.807, 2.05) is 0 Å². The van der Waals surface area contributed by atoms with Gasteiger partial charge in [0.25, 0.3) is 0 Å². The van der Waals surface area contributed by atoms with Crippen LogP contribution in [0, 0.1) is 5.92 Å². The van der Waals surface area contributed by atoms with Gasteiger partial charge in [0.15, 0.2) is 0 Å². The normalized spacial score (nSPS) is 34.2. The Bertz CT molecular complexity index is 194. The van der Waals surface area contributed by atoms with E-state index in [2.05, 4.69) is 13.8 Å². The highest BCUT2D eigenvalue weighted by molar-refractivity contribution is 6.44. The molecular weight excluding hydrogens is 208 g/mol. The van der Waals surface area contributed by atoms with Gasteiger partial charge in [-0.05, 0) is 45.1 Å². The molecule has 15 heavy (non-hydrogen) atoms. The number of epoxide rings is 1. The van der Waals surface area contributed by atoms with Gasteiger partial charge < -0.3 is 13.6 Å². The molecule has 0 N–H and O–H groups in total. The number of hydrogen-bond donors (Lipinski definition) is 0. The first-order valence-electron chi connectivity index (χ1n) is 6.22. The number of rotatable bonds is 6. The Labute approximate surface area is 93.9 Å². The van der Waals surface area contributed by atoms with Crippen molar-refractivity contribution >= 4 is 9.28 Å². The topological polar surface area (TPSA) is 31.0 Å². The Balaban J connectivity index is 1.72. The summed E-state index contributed by atoms with van der Waals surface area (Å²) in [5.74, 6) is 0.795. The fourth-order valence-electron chi connectivity index (χ4n) is 2.53. The summed E-state index contributed by atoms with van der Waals surface area (Å²) < 4.78 is 17.0. The van der Waals surface area contributed by atoms with E-state index >= 15 is 0 Å². The fraction of sp³-hybridized carbons (Fsp3) is 1.00. The summed E-state index contributed by atoms with van der Waals surface area (Å²) in [5.41, 5.74) is 0. The van der Waals surface area contributed by atoms with Gasteiger partial charge in [0.2, 0.25) is 0 Å². The molecule has 0 bridgehead atoms. The molecule has 0 aromatic carbocycles. The fourth-order valence-corrected chi connectivity index (χ4v) is 4.61. The average Bonchev–Trinajstić information content (AvgIpc) is 2.96. The van der Waals surface area contributed by atoms with Crippen LogP contribution in [0.25, 0.3) is 0 Å². The van der Waals surface area contributed by atoms with Crippen molar-refractivity contribution in [1.82, 2.24) is 0 Å². The van der Waals surface area contributed by atoms with Gasteiger partial charge >= 0.3 is 9.28 Å². The van der Waals surface area contributed by atoms with Crippen LogP contribution in [0.4, 0.5) is 0 Å². The summed E-state index contributed by atoms with van der Waals surface area (Å²) >= 11 is 0. The molecule has 1 aliphatic heterocycles. The van der Waals surface area contributed by atoms with E-state index in [1.165, 1.54) is 25.3 Å². The van der Waals surface area contributed by atoms with E-state index in [1.54, 1.807) is 0 Å². The maximum Gasteiger partial charge on any atom is 0.321 e. The predicted octanol–water partition coefficient (Wildman–Crippen LogP) is 1.85. The van der Waals surface area contributed by atoms with Crippen molar-refractivity contribution in [3.05, 3.63) is 0 Å². The SMILES string of the molecule is CCO[SiH](CC1CCC2OC2C1)OCC. The number of hydrogen-bond acceptors (Lipinski definition) is 3. The molecule has 1 saturated carbocycles. The lowest BCUT2D eigenvalue weighted by molar-refractivity contribution is 0.204. The molecule has 0 spiro atoms. The van der Waals surface area contributed by atoms with Crippen LogP contribution in [-0.4, -0.2) is 34.7 Å². The summed E-state index contributed by atoms with van der Waals surface area (Å²) in [6.45, 7) is 5.71. The van der Waals surface area contributed by atoms with Crippen LogP contribution >= 0.6 is 0 Å². The molecule has 2 aliphatic rings. The highest BCUT2D eigenvalue weighted by Crippen LogP contribution is 2.41. The van der Waals surface area contributed by atoms with Crippen LogP contribution < -0.4 is 0 Å². The Morgan fingerprint density at radius 1 is 1.13 bits per heavy atom. The van der Waals surface area contributed by atoms with Crippen LogP contribution in [-0.2, 0) is 13.6 Å². The summed E-state index contributed by atoms with van der Waals surface area (Å²) in [6.07, 6.45) is 5.01. The van der Waals surface area contributed by atoms with Gasteiger partial charge in [-0.2, -0.15) is 0 Å². The lowest BCUT2D eigenvalue weighted by Gasteiger charge is -2.23. The zero-order chi connectivity index (χ0) is 10.7. The largest absolute Gasteiger partial charge is 0.397 e. The third-order valence-corrected chi connectivity index (χ3v) is 5.81. The molecule has 2 fully saturated rings. The zero-order valence-electron chi connectivity index (χ0n) is 9.78. The molecule has 88 valence electrons. The van der Waals surface area contributed by atoms with Crippen molar-refractivity contribution < 1.29 is 13.6 Å². The van der Waals surface area contributed by atoms with E-state index in [9.17, 15) is 0 Å².